The average Bonchev–Trinajstić information content (AvgIpc) is 2.83. The Morgan fingerprint density at radius 3 is 2.84 bits per heavy atom. The van der Waals surface area contributed by atoms with Gasteiger partial charge in [-0.05, 0) is 28.9 Å². The molecule has 2 rings (SSSR count). The molecule has 0 saturated heterocycles. The van der Waals surface area contributed by atoms with Crippen molar-refractivity contribution in [2.45, 2.75) is 19.6 Å². The van der Waals surface area contributed by atoms with E-state index >= 15 is 0 Å². The molecule has 0 radical (unpaired) electrons. The van der Waals surface area contributed by atoms with Gasteiger partial charge in [0.1, 0.15) is 10.7 Å². The summed E-state index contributed by atoms with van der Waals surface area (Å²) in [5.74, 6) is -1.17. The van der Waals surface area contributed by atoms with Crippen molar-refractivity contribution in [3.63, 3.8) is 0 Å². The number of hydrogen-bond acceptors (Lipinski definition) is 4. The van der Waals surface area contributed by atoms with Crippen LogP contribution in [0.1, 0.15) is 34.6 Å². The quantitative estimate of drug-likeness (QED) is 0.837. The molecular weight excluding hydrogens is 314 g/mol. The highest BCUT2D eigenvalue weighted by molar-refractivity contribution is 9.10. The molecule has 0 fully saturated rings. The van der Waals surface area contributed by atoms with E-state index in [1.165, 1.54) is 10.9 Å². The number of halogens is 1. The summed E-state index contributed by atoms with van der Waals surface area (Å²) in [6.45, 7) is 2.37. The summed E-state index contributed by atoms with van der Waals surface area (Å²) < 4.78 is 1.95. The maximum absolute atomic E-state index is 11.2. The molecule has 2 aromatic heterocycles. The topological polar surface area (TPSA) is 88.2 Å². The molecule has 0 aliphatic rings. The Kier molecular flexibility index (Phi) is 3.96. The zero-order chi connectivity index (χ0) is 14.0. The molecule has 2 N–H and O–H groups in total. The zero-order valence-corrected chi connectivity index (χ0v) is 11.7. The van der Waals surface area contributed by atoms with Gasteiger partial charge in [0, 0.05) is 30.1 Å². The van der Waals surface area contributed by atoms with E-state index in [1.807, 2.05) is 6.92 Å². The number of pyridine rings is 1. The van der Waals surface area contributed by atoms with Crippen molar-refractivity contribution in [1.29, 1.82) is 0 Å². The fourth-order valence-electron chi connectivity index (χ4n) is 1.74. The van der Waals surface area contributed by atoms with Gasteiger partial charge < -0.3 is 10.2 Å². The number of nitrogens with zero attached hydrogens (tertiary/aromatic N) is 3. The van der Waals surface area contributed by atoms with Gasteiger partial charge in [-0.2, -0.15) is 5.10 Å². The smallest absolute Gasteiger partial charge is 0.356 e. The summed E-state index contributed by atoms with van der Waals surface area (Å²) in [7, 11) is 0. The van der Waals surface area contributed by atoms with Gasteiger partial charge in [-0.3, -0.25) is 4.68 Å². The number of aryl methyl sites for hydroxylation is 1. The van der Waals surface area contributed by atoms with Crippen LogP contribution in [-0.4, -0.2) is 30.9 Å². The Morgan fingerprint density at radius 2 is 2.26 bits per heavy atom. The van der Waals surface area contributed by atoms with Crippen molar-refractivity contribution in [3.8, 4) is 0 Å². The first-order chi connectivity index (χ1) is 9.04. The van der Waals surface area contributed by atoms with E-state index < -0.39 is 12.1 Å². The number of carboxylic acids is 1. The van der Waals surface area contributed by atoms with E-state index in [1.54, 1.807) is 18.3 Å². The first-order valence-corrected chi connectivity index (χ1v) is 6.43. The van der Waals surface area contributed by atoms with Crippen molar-refractivity contribution in [3.05, 3.63) is 46.0 Å². The summed E-state index contributed by atoms with van der Waals surface area (Å²) in [4.78, 5) is 15.2. The van der Waals surface area contributed by atoms with E-state index in [9.17, 15) is 9.90 Å². The minimum atomic E-state index is -1.17. The molecule has 2 aromatic rings. The molecule has 100 valence electrons. The van der Waals surface area contributed by atoms with Gasteiger partial charge >= 0.3 is 5.97 Å². The summed E-state index contributed by atoms with van der Waals surface area (Å²) in [6.07, 6.45) is 2.02. The highest BCUT2D eigenvalue weighted by Crippen LogP contribution is 2.28. The number of aromatic carboxylic acids is 1. The first-order valence-electron chi connectivity index (χ1n) is 5.63. The van der Waals surface area contributed by atoms with Crippen molar-refractivity contribution in [2.75, 3.05) is 0 Å². The van der Waals surface area contributed by atoms with Crippen molar-refractivity contribution in [2.24, 2.45) is 0 Å². The number of aliphatic hydroxyl groups excluding tert-OH is 1. The van der Waals surface area contributed by atoms with E-state index in [0.717, 1.165) is 0 Å². The van der Waals surface area contributed by atoms with Gasteiger partial charge in [-0.1, -0.05) is 6.07 Å². The number of rotatable bonds is 4. The molecule has 2 heterocycles. The van der Waals surface area contributed by atoms with Gasteiger partial charge in [0.05, 0.1) is 0 Å². The van der Waals surface area contributed by atoms with Crippen molar-refractivity contribution in [1.82, 2.24) is 14.8 Å². The van der Waals surface area contributed by atoms with Crippen LogP contribution in [0, 0.1) is 0 Å². The molecule has 1 unspecified atom stereocenters. The van der Waals surface area contributed by atoms with Crippen molar-refractivity contribution < 1.29 is 15.0 Å². The average molecular weight is 326 g/mol. The molecule has 0 aliphatic carbocycles. The molecule has 0 saturated carbocycles. The number of aliphatic hydroxyl groups is 1. The molecule has 0 amide bonds. The fraction of sp³-hybridized carbons (Fsp3) is 0.250. The van der Waals surface area contributed by atoms with Crippen LogP contribution in [0.15, 0.2) is 29.1 Å². The molecule has 0 spiro atoms. The monoisotopic (exact) mass is 325 g/mol. The summed E-state index contributed by atoms with van der Waals surface area (Å²) >= 11 is 3.23. The molecule has 0 aromatic carbocycles. The van der Waals surface area contributed by atoms with Crippen LogP contribution in [0.2, 0.25) is 0 Å². The predicted molar refractivity (Wildman–Crippen MR) is 70.9 cm³/mol. The van der Waals surface area contributed by atoms with Crippen LogP contribution in [0.3, 0.4) is 0 Å². The predicted octanol–water partition coefficient (Wildman–Crippen LogP) is 1.84. The van der Waals surface area contributed by atoms with Gasteiger partial charge in [0.2, 0.25) is 0 Å². The number of carbonyl (C=O) groups is 1. The maximum Gasteiger partial charge on any atom is 0.356 e. The van der Waals surface area contributed by atoms with Crippen LogP contribution in [0.4, 0.5) is 0 Å². The van der Waals surface area contributed by atoms with Crippen LogP contribution in [0.25, 0.3) is 0 Å². The molecule has 19 heavy (non-hydrogen) atoms. The van der Waals surface area contributed by atoms with E-state index in [-0.39, 0.29) is 11.3 Å². The van der Waals surface area contributed by atoms with E-state index in [4.69, 9.17) is 5.11 Å². The van der Waals surface area contributed by atoms with Crippen molar-refractivity contribution >= 4 is 21.9 Å². The largest absolute Gasteiger partial charge is 0.476 e. The van der Waals surface area contributed by atoms with Crippen LogP contribution in [0.5, 0.6) is 0 Å². The Hall–Kier alpha value is -1.73. The molecule has 0 bridgehead atoms. The number of carboxylic acid groups (broad SMARTS) is 1. The Balaban J connectivity index is 2.49. The standard InChI is InChI=1S/C12H12BrN3O3/c1-2-16-6-8(9(15-16)12(18)19)10(17)7-4-3-5-14-11(7)13/h3-6,10,17H,2H2,1H3,(H,18,19). The van der Waals surface area contributed by atoms with Crippen LogP contribution >= 0.6 is 15.9 Å². The second-order valence-electron chi connectivity index (χ2n) is 3.88. The minimum absolute atomic E-state index is 0.148. The minimum Gasteiger partial charge on any atom is -0.476 e. The molecule has 6 nitrogen and oxygen atoms in total. The summed E-state index contributed by atoms with van der Waals surface area (Å²) in [5, 5.41) is 23.4. The van der Waals surface area contributed by atoms with E-state index in [2.05, 4.69) is 26.0 Å². The third-order valence-corrected chi connectivity index (χ3v) is 3.36. The summed E-state index contributed by atoms with van der Waals surface area (Å²) in [6, 6.07) is 3.35. The molecule has 7 heteroatoms. The number of aromatic nitrogens is 3. The molecular formula is C12H12BrN3O3. The third kappa shape index (κ3) is 2.66. The van der Waals surface area contributed by atoms with Crippen LogP contribution < -0.4 is 0 Å². The fourth-order valence-corrected chi connectivity index (χ4v) is 2.20. The third-order valence-electron chi connectivity index (χ3n) is 2.69. The van der Waals surface area contributed by atoms with E-state index in [0.29, 0.717) is 16.7 Å². The Labute approximate surface area is 117 Å². The zero-order valence-electron chi connectivity index (χ0n) is 10.1. The van der Waals surface area contributed by atoms with Gasteiger partial charge in [-0.15, -0.1) is 0 Å². The van der Waals surface area contributed by atoms with Gasteiger partial charge in [0.15, 0.2) is 5.69 Å². The first kappa shape index (κ1) is 13.7. The Morgan fingerprint density at radius 1 is 1.53 bits per heavy atom. The second-order valence-corrected chi connectivity index (χ2v) is 4.63. The maximum atomic E-state index is 11.2. The lowest BCUT2D eigenvalue weighted by Crippen LogP contribution is -2.08. The number of hydrogen-bond donors (Lipinski definition) is 2. The lowest BCUT2D eigenvalue weighted by Gasteiger charge is -2.10. The van der Waals surface area contributed by atoms with Gasteiger partial charge in [0.25, 0.3) is 0 Å². The summed E-state index contributed by atoms with van der Waals surface area (Å²) in [5.41, 5.74) is 0.605. The SMILES string of the molecule is CCn1cc(C(O)c2cccnc2Br)c(C(=O)O)n1. The lowest BCUT2D eigenvalue weighted by atomic mass is 10.0. The highest BCUT2D eigenvalue weighted by Gasteiger charge is 2.24. The second kappa shape index (κ2) is 5.50. The molecule has 0 aliphatic heterocycles. The Bertz CT molecular complexity index is 612. The highest BCUT2D eigenvalue weighted by atomic mass is 79.9. The lowest BCUT2D eigenvalue weighted by molar-refractivity contribution is 0.0684. The van der Waals surface area contributed by atoms with Crippen LogP contribution in [-0.2, 0) is 6.54 Å². The molecule has 1 atom stereocenters. The van der Waals surface area contributed by atoms with Gasteiger partial charge in [-0.25, -0.2) is 9.78 Å². The normalized spacial score (nSPS) is 12.4.